The maximum absolute atomic E-state index is 11.7. The normalized spacial score (nSPS) is 9.80. The molecule has 2 N–H and O–H groups in total. The van der Waals surface area contributed by atoms with Gasteiger partial charge in [0.1, 0.15) is 12.3 Å². The molecular formula is C14H10ClN3O2. The number of carbonyl (C=O) groups is 1. The van der Waals surface area contributed by atoms with Crippen molar-refractivity contribution < 1.29 is 9.53 Å². The molecule has 2 rings (SSSR count). The van der Waals surface area contributed by atoms with E-state index in [0.29, 0.717) is 21.8 Å². The molecule has 0 spiro atoms. The monoisotopic (exact) mass is 287 g/mol. The summed E-state index contributed by atoms with van der Waals surface area (Å²) in [7, 11) is 0. The van der Waals surface area contributed by atoms with Crippen LogP contribution in [0.3, 0.4) is 0 Å². The Morgan fingerprint density at radius 2 is 2.20 bits per heavy atom. The summed E-state index contributed by atoms with van der Waals surface area (Å²) >= 11 is 5.98. The number of ether oxygens (including phenoxy) is 1. The molecule has 100 valence electrons. The molecule has 0 radical (unpaired) electrons. The molecule has 0 saturated carbocycles. The summed E-state index contributed by atoms with van der Waals surface area (Å²) in [6, 6.07) is 9.80. The van der Waals surface area contributed by atoms with Crippen molar-refractivity contribution in [3.63, 3.8) is 0 Å². The molecule has 2 aromatic rings. The van der Waals surface area contributed by atoms with Gasteiger partial charge < -0.3 is 10.5 Å². The number of rotatable bonds is 3. The fraction of sp³-hybridized carbons (Fsp3) is 0.0714. The Kier molecular flexibility index (Phi) is 4.18. The number of halogens is 1. The average Bonchev–Trinajstić information content (AvgIpc) is 2.46. The van der Waals surface area contributed by atoms with Gasteiger partial charge in [0.15, 0.2) is 0 Å². The summed E-state index contributed by atoms with van der Waals surface area (Å²) in [4.78, 5) is 15.6. The van der Waals surface area contributed by atoms with Crippen molar-refractivity contribution in [2.24, 2.45) is 0 Å². The lowest BCUT2D eigenvalue weighted by atomic mass is 10.1. The second kappa shape index (κ2) is 6.04. The molecule has 1 heterocycles. The number of hydrogen-bond acceptors (Lipinski definition) is 5. The summed E-state index contributed by atoms with van der Waals surface area (Å²) in [6.07, 6.45) is 1.38. The molecule has 0 fully saturated rings. The summed E-state index contributed by atoms with van der Waals surface area (Å²) in [6.45, 7) is 0.00936. The van der Waals surface area contributed by atoms with Crippen LogP contribution in [-0.4, -0.2) is 11.0 Å². The zero-order chi connectivity index (χ0) is 14.5. The molecule has 0 saturated heterocycles. The molecule has 1 aromatic heterocycles. The van der Waals surface area contributed by atoms with Crippen molar-refractivity contribution >= 4 is 23.3 Å². The molecule has 5 nitrogen and oxygen atoms in total. The van der Waals surface area contributed by atoms with Gasteiger partial charge in [0.05, 0.1) is 23.5 Å². The zero-order valence-electron chi connectivity index (χ0n) is 10.3. The van der Waals surface area contributed by atoms with Gasteiger partial charge in [-0.15, -0.1) is 0 Å². The first-order valence-electron chi connectivity index (χ1n) is 5.67. The lowest BCUT2D eigenvalue weighted by Crippen LogP contribution is -2.07. The summed E-state index contributed by atoms with van der Waals surface area (Å²) < 4.78 is 5.10. The number of anilines is 1. The van der Waals surface area contributed by atoms with Crippen LogP contribution in [0.2, 0.25) is 5.02 Å². The highest BCUT2D eigenvalue weighted by Gasteiger charge is 2.10. The Bertz CT molecular complexity index is 678. The second-order valence-electron chi connectivity index (χ2n) is 3.97. The van der Waals surface area contributed by atoms with Crippen LogP contribution < -0.4 is 5.73 Å². The first-order chi connectivity index (χ1) is 9.60. The van der Waals surface area contributed by atoms with Gasteiger partial charge in [0.25, 0.3) is 0 Å². The van der Waals surface area contributed by atoms with Gasteiger partial charge in [0.2, 0.25) is 0 Å². The third-order valence-electron chi connectivity index (χ3n) is 2.54. The number of benzene rings is 1. The summed E-state index contributed by atoms with van der Waals surface area (Å²) in [5, 5.41) is 9.11. The van der Waals surface area contributed by atoms with E-state index in [-0.39, 0.29) is 12.3 Å². The van der Waals surface area contributed by atoms with E-state index in [0.717, 1.165) is 0 Å². The summed E-state index contributed by atoms with van der Waals surface area (Å²) in [5.74, 6) is -0.564. The van der Waals surface area contributed by atoms with Crippen LogP contribution in [0.25, 0.3) is 0 Å². The number of pyridine rings is 1. The average molecular weight is 288 g/mol. The van der Waals surface area contributed by atoms with E-state index in [1.807, 2.05) is 6.07 Å². The fourth-order valence-electron chi connectivity index (χ4n) is 1.48. The Hall–Kier alpha value is -2.58. The van der Waals surface area contributed by atoms with Crippen molar-refractivity contribution in [2.75, 3.05) is 5.73 Å². The number of hydrogen-bond donors (Lipinski definition) is 1. The van der Waals surface area contributed by atoms with E-state index >= 15 is 0 Å². The van der Waals surface area contributed by atoms with Crippen molar-refractivity contribution in [3.05, 3.63) is 58.4 Å². The minimum Gasteiger partial charge on any atom is -0.456 e. The van der Waals surface area contributed by atoms with Gasteiger partial charge in [-0.2, -0.15) is 5.26 Å². The smallest absolute Gasteiger partial charge is 0.357 e. The predicted octanol–water partition coefficient (Wildman–Crippen LogP) is 2.55. The highest BCUT2D eigenvalue weighted by molar-refractivity contribution is 6.31. The standard InChI is InChI=1S/C14H10ClN3O2/c15-12-5-9(6-16)1-2-10(12)8-20-14(19)13-4-3-11(17)7-18-13/h1-5,7H,8,17H2. The molecule has 0 unspecified atom stereocenters. The molecule has 6 heteroatoms. The maximum atomic E-state index is 11.7. The maximum Gasteiger partial charge on any atom is 0.357 e. The number of nitrogens with two attached hydrogens (primary N) is 1. The predicted molar refractivity (Wildman–Crippen MR) is 73.9 cm³/mol. The molecular weight excluding hydrogens is 278 g/mol. The number of carbonyl (C=O) groups excluding carboxylic acids is 1. The largest absolute Gasteiger partial charge is 0.456 e. The van der Waals surface area contributed by atoms with Crippen LogP contribution >= 0.6 is 11.6 Å². The Labute approximate surface area is 120 Å². The lowest BCUT2D eigenvalue weighted by molar-refractivity contribution is 0.0466. The van der Waals surface area contributed by atoms with Gasteiger partial charge in [-0.3, -0.25) is 0 Å². The molecule has 0 atom stereocenters. The molecule has 20 heavy (non-hydrogen) atoms. The fourth-order valence-corrected chi connectivity index (χ4v) is 1.71. The minimum atomic E-state index is -0.564. The molecule has 0 amide bonds. The van der Waals surface area contributed by atoms with Crippen LogP contribution in [0.4, 0.5) is 5.69 Å². The summed E-state index contributed by atoms with van der Waals surface area (Å²) in [5.41, 5.74) is 7.19. The molecule has 1 aromatic carbocycles. The lowest BCUT2D eigenvalue weighted by Gasteiger charge is -2.06. The van der Waals surface area contributed by atoms with Gasteiger partial charge in [-0.05, 0) is 24.3 Å². The first-order valence-corrected chi connectivity index (χ1v) is 6.05. The zero-order valence-corrected chi connectivity index (χ0v) is 11.1. The van der Waals surface area contributed by atoms with Crippen molar-refractivity contribution in [2.45, 2.75) is 6.61 Å². The van der Waals surface area contributed by atoms with E-state index in [9.17, 15) is 4.79 Å². The Morgan fingerprint density at radius 3 is 2.80 bits per heavy atom. The van der Waals surface area contributed by atoms with Crippen LogP contribution in [0.15, 0.2) is 36.5 Å². The van der Waals surface area contributed by atoms with Gasteiger partial charge in [-0.25, -0.2) is 9.78 Å². The first kappa shape index (κ1) is 13.8. The molecule has 0 aliphatic carbocycles. The van der Waals surface area contributed by atoms with Gasteiger partial charge in [0, 0.05) is 10.6 Å². The number of esters is 1. The van der Waals surface area contributed by atoms with Gasteiger partial charge in [-0.1, -0.05) is 17.7 Å². The molecule has 0 aliphatic rings. The number of aromatic nitrogens is 1. The highest BCUT2D eigenvalue weighted by atomic mass is 35.5. The van der Waals surface area contributed by atoms with Crippen molar-refractivity contribution in [1.29, 1.82) is 5.26 Å². The Balaban J connectivity index is 2.04. The third-order valence-corrected chi connectivity index (χ3v) is 2.89. The van der Waals surface area contributed by atoms with E-state index < -0.39 is 5.97 Å². The highest BCUT2D eigenvalue weighted by Crippen LogP contribution is 2.19. The van der Waals surface area contributed by atoms with E-state index in [2.05, 4.69) is 4.98 Å². The van der Waals surface area contributed by atoms with Crippen LogP contribution in [0.1, 0.15) is 21.6 Å². The van der Waals surface area contributed by atoms with Crippen LogP contribution in [0, 0.1) is 11.3 Å². The quantitative estimate of drug-likeness (QED) is 0.876. The SMILES string of the molecule is N#Cc1ccc(COC(=O)c2ccc(N)cn2)c(Cl)c1. The molecule has 0 bridgehead atoms. The van der Waals surface area contributed by atoms with E-state index in [1.165, 1.54) is 18.3 Å². The van der Waals surface area contributed by atoms with Crippen LogP contribution in [-0.2, 0) is 11.3 Å². The minimum absolute atomic E-state index is 0.00936. The van der Waals surface area contributed by atoms with E-state index in [4.69, 9.17) is 27.3 Å². The number of nitrogens with zero attached hydrogens (tertiary/aromatic N) is 2. The van der Waals surface area contributed by atoms with Crippen molar-refractivity contribution in [3.8, 4) is 6.07 Å². The number of nitrogen functional groups attached to an aromatic ring is 1. The third kappa shape index (κ3) is 3.25. The number of nitriles is 1. The second-order valence-corrected chi connectivity index (χ2v) is 4.38. The van der Waals surface area contributed by atoms with Crippen LogP contribution in [0.5, 0.6) is 0 Å². The molecule has 0 aliphatic heterocycles. The van der Waals surface area contributed by atoms with E-state index in [1.54, 1.807) is 18.2 Å². The van der Waals surface area contributed by atoms with Gasteiger partial charge >= 0.3 is 5.97 Å². The van der Waals surface area contributed by atoms with Crippen molar-refractivity contribution in [1.82, 2.24) is 4.98 Å². The topological polar surface area (TPSA) is 89.0 Å². The Morgan fingerprint density at radius 1 is 1.40 bits per heavy atom.